The van der Waals surface area contributed by atoms with Gasteiger partial charge in [0.25, 0.3) is 0 Å². The molecular weight excluding hydrogens is 296 g/mol. The number of H-pyrrole nitrogens is 1. The van der Waals surface area contributed by atoms with Crippen molar-refractivity contribution in [1.82, 2.24) is 14.9 Å². The molecule has 4 nitrogen and oxygen atoms in total. The maximum Gasteiger partial charge on any atom is 0.139 e. The summed E-state index contributed by atoms with van der Waals surface area (Å²) in [6.07, 6.45) is 6.37. The average Bonchev–Trinajstić information content (AvgIpc) is 3.11. The van der Waals surface area contributed by atoms with E-state index in [4.69, 9.17) is 0 Å². The molecule has 3 aromatic rings. The van der Waals surface area contributed by atoms with Crippen molar-refractivity contribution in [3.8, 4) is 0 Å². The molecule has 1 aromatic carbocycles. The highest BCUT2D eigenvalue weighted by molar-refractivity contribution is 5.89. The monoisotopic (exact) mass is 320 g/mol. The lowest BCUT2D eigenvalue weighted by atomic mass is 10.0. The molecule has 2 aromatic heterocycles. The summed E-state index contributed by atoms with van der Waals surface area (Å²) < 4.78 is 0. The Morgan fingerprint density at radius 1 is 1.21 bits per heavy atom. The van der Waals surface area contributed by atoms with Gasteiger partial charge in [-0.05, 0) is 37.1 Å². The van der Waals surface area contributed by atoms with Gasteiger partial charge >= 0.3 is 0 Å². The summed E-state index contributed by atoms with van der Waals surface area (Å²) in [5, 5.41) is 1.21. The van der Waals surface area contributed by atoms with E-state index in [1.54, 1.807) is 0 Å². The van der Waals surface area contributed by atoms with Crippen LogP contribution in [0.5, 0.6) is 0 Å². The first-order valence-corrected chi connectivity index (χ1v) is 8.72. The first-order valence-electron chi connectivity index (χ1n) is 8.72. The molecule has 1 saturated heterocycles. The van der Waals surface area contributed by atoms with Gasteiger partial charge in [0.15, 0.2) is 0 Å². The SMILES string of the molecule is CN(c1ccnc2[nH]ccc12)[C@H]1CCCN(Cc2ccccc2)C1. The lowest BCUT2D eigenvalue weighted by molar-refractivity contribution is 0.199. The number of likely N-dealkylation sites (tertiary alicyclic amines) is 1. The van der Waals surface area contributed by atoms with Crippen LogP contribution in [-0.2, 0) is 6.54 Å². The minimum atomic E-state index is 0.544. The lowest BCUT2D eigenvalue weighted by Crippen LogP contribution is -2.46. The number of piperidine rings is 1. The Morgan fingerprint density at radius 3 is 2.96 bits per heavy atom. The van der Waals surface area contributed by atoms with Gasteiger partial charge in [0.05, 0.1) is 0 Å². The molecule has 0 aliphatic carbocycles. The Balaban J connectivity index is 1.50. The summed E-state index contributed by atoms with van der Waals surface area (Å²) in [6, 6.07) is 15.6. The minimum Gasteiger partial charge on any atom is -0.370 e. The molecule has 0 amide bonds. The minimum absolute atomic E-state index is 0.544. The number of rotatable bonds is 4. The van der Waals surface area contributed by atoms with E-state index in [0.29, 0.717) is 6.04 Å². The van der Waals surface area contributed by atoms with Gasteiger partial charge in [-0.3, -0.25) is 4.90 Å². The van der Waals surface area contributed by atoms with E-state index >= 15 is 0 Å². The van der Waals surface area contributed by atoms with Crippen LogP contribution in [0, 0.1) is 0 Å². The summed E-state index contributed by atoms with van der Waals surface area (Å²) in [5.41, 5.74) is 3.64. The number of anilines is 1. The standard InChI is InChI=1S/C20H24N4/c1-23(19-10-12-22-20-18(19)9-11-21-20)17-8-5-13-24(15-17)14-16-6-3-2-4-7-16/h2-4,6-7,9-12,17H,5,8,13-15H2,1H3,(H,21,22)/t17-/m0/s1. The average molecular weight is 320 g/mol. The molecule has 124 valence electrons. The molecule has 1 N–H and O–H groups in total. The van der Waals surface area contributed by atoms with E-state index in [1.165, 1.54) is 36.0 Å². The van der Waals surface area contributed by atoms with Crippen molar-refractivity contribution in [2.45, 2.75) is 25.4 Å². The van der Waals surface area contributed by atoms with Crippen LogP contribution in [0.2, 0.25) is 0 Å². The second kappa shape index (κ2) is 6.65. The van der Waals surface area contributed by atoms with Crippen molar-refractivity contribution in [3.63, 3.8) is 0 Å². The molecule has 4 heteroatoms. The molecule has 0 spiro atoms. The van der Waals surface area contributed by atoms with Gasteiger partial charge < -0.3 is 9.88 Å². The predicted molar refractivity (Wildman–Crippen MR) is 99.2 cm³/mol. The summed E-state index contributed by atoms with van der Waals surface area (Å²) in [4.78, 5) is 12.6. The number of aromatic amines is 1. The van der Waals surface area contributed by atoms with Crippen molar-refractivity contribution in [3.05, 3.63) is 60.4 Å². The number of benzene rings is 1. The summed E-state index contributed by atoms with van der Waals surface area (Å²) >= 11 is 0. The molecule has 24 heavy (non-hydrogen) atoms. The zero-order chi connectivity index (χ0) is 16.4. The Labute approximate surface area is 143 Å². The van der Waals surface area contributed by atoms with Crippen LogP contribution in [0.3, 0.4) is 0 Å². The van der Waals surface area contributed by atoms with Gasteiger partial charge in [-0.15, -0.1) is 0 Å². The van der Waals surface area contributed by atoms with Gasteiger partial charge in [-0.1, -0.05) is 30.3 Å². The quantitative estimate of drug-likeness (QED) is 0.797. The van der Waals surface area contributed by atoms with Crippen LogP contribution in [-0.4, -0.2) is 41.0 Å². The van der Waals surface area contributed by atoms with E-state index in [9.17, 15) is 0 Å². The number of hydrogen-bond donors (Lipinski definition) is 1. The van der Waals surface area contributed by atoms with Crippen molar-refractivity contribution in [2.24, 2.45) is 0 Å². The van der Waals surface area contributed by atoms with Gasteiger partial charge in [-0.2, -0.15) is 0 Å². The molecule has 0 unspecified atom stereocenters. The van der Waals surface area contributed by atoms with Gasteiger partial charge in [-0.25, -0.2) is 4.98 Å². The first kappa shape index (κ1) is 15.2. The summed E-state index contributed by atoms with van der Waals surface area (Å²) in [7, 11) is 2.22. The van der Waals surface area contributed by atoms with E-state index in [-0.39, 0.29) is 0 Å². The highest BCUT2D eigenvalue weighted by atomic mass is 15.2. The summed E-state index contributed by atoms with van der Waals surface area (Å²) in [6.45, 7) is 3.34. The number of nitrogens with one attached hydrogen (secondary N) is 1. The maximum absolute atomic E-state index is 4.41. The number of aromatic nitrogens is 2. The van der Waals surface area contributed by atoms with Crippen molar-refractivity contribution in [1.29, 1.82) is 0 Å². The van der Waals surface area contributed by atoms with Gasteiger partial charge in [0.1, 0.15) is 5.65 Å². The van der Waals surface area contributed by atoms with E-state index in [1.807, 2.05) is 12.4 Å². The number of fused-ring (bicyclic) bond motifs is 1. The molecule has 1 atom stereocenters. The molecule has 0 bridgehead atoms. The van der Waals surface area contributed by atoms with Crippen LogP contribution >= 0.6 is 0 Å². The van der Waals surface area contributed by atoms with Crippen molar-refractivity contribution >= 4 is 16.7 Å². The molecule has 3 heterocycles. The highest BCUT2D eigenvalue weighted by Crippen LogP contribution is 2.28. The Bertz CT molecular complexity index is 796. The van der Waals surface area contributed by atoms with Gasteiger partial charge in [0, 0.05) is 49.6 Å². The normalized spacial score (nSPS) is 18.8. The third-order valence-electron chi connectivity index (χ3n) is 5.09. The van der Waals surface area contributed by atoms with Crippen LogP contribution in [0.4, 0.5) is 5.69 Å². The zero-order valence-electron chi connectivity index (χ0n) is 14.2. The highest BCUT2D eigenvalue weighted by Gasteiger charge is 2.24. The van der Waals surface area contributed by atoms with Crippen LogP contribution in [0.1, 0.15) is 18.4 Å². The molecule has 1 fully saturated rings. The molecule has 0 radical (unpaired) electrons. The fraction of sp³-hybridized carbons (Fsp3) is 0.350. The fourth-order valence-electron chi connectivity index (χ4n) is 3.78. The van der Waals surface area contributed by atoms with E-state index in [0.717, 1.165) is 18.7 Å². The smallest absolute Gasteiger partial charge is 0.139 e. The van der Waals surface area contributed by atoms with Crippen LogP contribution in [0.25, 0.3) is 11.0 Å². The topological polar surface area (TPSA) is 35.2 Å². The van der Waals surface area contributed by atoms with E-state index < -0.39 is 0 Å². The summed E-state index contributed by atoms with van der Waals surface area (Å²) in [5.74, 6) is 0. The lowest BCUT2D eigenvalue weighted by Gasteiger charge is -2.39. The maximum atomic E-state index is 4.41. The fourth-order valence-corrected chi connectivity index (χ4v) is 3.78. The van der Waals surface area contributed by atoms with E-state index in [2.05, 4.69) is 69.3 Å². The molecule has 0 saturated carbocycles. The predicted octanol–water partition coefficient (Wildman–Crippen LogP) is 3.66. The molecule has 1 aliphatic rings. The zero-order valence-corrected chi connectivity index (χ0v) is 14.2. The second-order valence-electron chi connectivity index (χ2n) is 6.70. The van der Waals surface area contributed by atoms with Crippen LogP contribution < -0.4 is 4.90 Å². The number of hydrogen-bond acceptors (Lipinski definition) is 3. The second-order valence-corrected chi connectivity index (χ2v) is 6.70. The third kappa shape index (κ3) is 3.02. The Hall–Kier alpha value is -2.33. The molecule has 4 rings (SSSR count). The van der Waals surface area contributed by atoms with Crippen LogP contribution in [0.15, 0.2) is 54.9 Å². The first-order chi connectivity index (χ1) is 11.8. The molecular formula is C20H24N4. The number of nitrogens with zero attached hydrogens (tertiary/aromatic N) is 3. The largest absolute Gasteiger partial charge is 0.370 e. The van der Waals surface area contributed by atoms with Crippen molar-refractivity contribution in [2.75, 3.05) is 25.0 Å². The number of pyridine rings is 1. The van der Waals surface area contributed by atoms with Gasteiger partial charge in [0.2, 0.25) is 0 Å². The number of likely N-dealkylation sites (N-methyl/N-ethyl adjacent to an activating group) is 1. The molecule has 1 aliphatic heterocycles. The Morgan fingerprint density at radius 2 is 2.08 bits per heavy atom. The Kier molecular flexibility index (Phi) is 4.22. The third-order valence-corrected chi connectivity index (χ3v) is 5.09. The van der Waals surface area contributed by atoms with Crippen molar-refractivity contribution < 1.29 is 0 Å².